The van der Waals surface area contributed by atoms with Crippen molar-refractivity contribution in [3.8, 4) is 11.5 Å². The average molecular weight is 369 g/mol. The molecule has 2 aromatic carbocycles. The summed E-state index contributed by atoms with van der Waals surface area (Å²) in [5.41, 5.74) is 0.843. The molecule has 0 N–H and O–H groups in total. The SMILES string of the molecule is Cc1cc(=O)oc2c(C)c(OC(=O)COc3ccccc3[N+](=O)[O-])ccc12. The number of fused-ring (bicyclic) bond motifs is 1. The number of rotatable bonds is 5. The third-order valence-corrected chi connectivity index (χ3v) is 3.95. The van der Waals surface area contributed by atoms with Gasteiger partial charge in [0.05, 0.1) is 4.92 Å². The van der Waals surface area contributed by atoms with Gasteiger partial charge in [-0.05, 0) is 37.6 Å². The molecule has 0 amide bonds. The van der Waals surface area contributed by atoms with Crippen molar-refractivity contribution in [2.45, 2.75) is 13.8 Å². The summed E-state index contributed by atoms with van der Waals surface area (Å²) in [6.07, 6.45) is 0. The van der Waals surface area contributed by atoms with Crippen molar-refractivity contribution in [2.24, 2.45) is 0 Å². The minimum Gasteiger partial charge on any atom is -0.475 e. The second-order valence-electron chi connectivity index (χ2n) is 5.80. The van der Waals surface area contributed by atoms with Crippen LogP contribution in [0.3, 0.4) is 0 Å². The molecule has 8 heteroatoms. The number of carbonyl (C=O) groups excluding carboxylic acids is 1. The van der Waals surface area contributed by atoms with E-state index in [1.165, 1.54) is 24.3 Å². The van der Waals surface area contributed by atoms with Gasteiger partial charge >= 0.3 is 17.3 Å². The van der Waals surface area contributed by atoms with E-state index in [0.717, 1.165) is 10.9 Å². The number of carbonyl (C=O) groups is 1. The highest BCUT2D eigenvalue weighted by Gasteiger charge is 2.17. The lowest BCUT2D eigenvalue weighted by Crippen LogP contribution is -2.18. The van der Waals surface area contributed by atoms with Crippen LogP contribution in [0.5, 0.6) is 11.5 Å². The van der Waals surface area contributed by atoms with Gasteiger partial charge in [0.2, 0.25) is 0 Å². The number of esters is 1. The number of nitro benzene ring substituents is 1. The summed E-state index contributed by atoms with van der Waals surface area (Å²) in [5.74, 6) is -0.561. The zero-order valence-corrected chi connectivity index (χ0v) is 14.6. The fourth-order valence-corrected chi connectivity index (χ4v) is 2.63. The van der Waals surface area contributed by atoms with E-state index >= 15 is 0 Å². The first kappa shape index (κ1) is 18.1. The van der Waals surface area contributed by atoms with Crippen LogP contribution in [0.2, 0.25) is 0 Å². The Morgan fingerprint density at radius 1 is 1.15 bits per heavy atom. The van der Waals surface area contributed by atoms with Crippen LogP contribution in [-0.2, 0) is 4.79 Å². The second-order valence-corrected chi connectivity index (χ2v) is 5.80. The van der Waals surface area contributed by atoms with Crippen LogP contribution in [0.15, 0.2) is 51.7 Å². The molecule has 0 aliphatic carbocycles. The van der Waals surface area contributed by atoms with Gasteiger partial charge in [-0.3, -0.25) is 10.1 Å². The number of aryl methyl sites for hydroxylation is 2. The fraction of sp³-hybridized carbons (Fsp3) is 0.158. The zero-order chi connectivity index (χ0) is 19.6. The smallest absolute Gasteiger partial charge is 0.349 e. The first-order valence-corrected chi connectivity index (χ1v) is 7.98. The van der Waals surface area contributed by atoms with Crippen LogP contribution in [0.1, 0.15) is 11.1 Å². The van der Waals surface area contributed by atoms with Crippen molar-refractivity contribution in [2.75, 3.05) is 6.61 Å². The van der Waals surface area contributed by atoms with Crippen molar-refractivity contribution in [3.05, 3.63) is 74.1 Å². The Labute approximate surface area is 153 Å². The molecule has 138 valence electrons. The highest BCUT2D eigenvalue weighted by Crippen LogP contribution is 2.29. The Bertz CT molecular complexity index is 1100. The maximum absolute atomic E-state index is 12.1. The summed E-state index contributed by atoms with van der Waals surface area (Å²) in [4.78, 5) is 34.0. The maximum Gasteiger partial charge on any atom is 0.349 e. The van der Waals surface area contributed by atoms with Gasteiger partial charge in [-0.15, -0.1) is 0 Å². The van der Waals surface area contributed by atoms with Gasteiger partial charge in [0, 0.05) is 23.1 Å². The molecular formula is C19H15NO7. The molecule has 1 heterocycles. The molecule has 0 aliphatic rings. The van der Waals surface area contributed by atoms with Crippen molar-refractivity contribution in [3.63, 3.8) is 0 Å². The van der Waals surface area contributed by atoms with Crippen molar-refractivity contribution in [1.29, 1.82) is 0 Å². The highest BCUT2D eigenvalue weighted by molar-refractivity contribution is 5.86. The lowest BCUT2D eigenvalue weighted by Gasteiger charge is -2.11. The Hall–Kier alpha value is -3.68. The number of hydrogen-bond acceptors (Lipinski definition) is 7. The number of para-hydroxylation sites is 2. The molecule has 0 fully saturated rings. The monoisotopic (exact) mass is 369 g/mol. The number of nitro groups is 1. The molecule has 0 aliphatic heterocycles. The van der Waals surface area contributed by atoms with Crippen molar-refractivity contribution < 1.29 is 23.6 Å². The van der Waals surface area contributed by atoms with Crippen LogP contribution in [0.25, 0.3) is 11.0 Å². The predicted octanol–water partition coefficient (Wildman–Crippen LogP) is 3.30. The summed E-state index contributed by atoms with van der Waals surface area (Å²) in [6, 6.07) is 10.4. The zero-order valence-electron chi connectivity index (χ0n) is 14.6. The lowest BCUT2D eigenvalue weighted by atomic mass is 10.1. The summed E-state index contributed by atoms with van der Waals surface area (Å²) >= 11 is 0. The van der Waals surface area contributed by atoms with Crippen LogP contribution in [0.4, 0.5) is 5.69 Å². The fourth-order valence-electron chi connectivity index (χ4n) is 2.63. The standard InChI is InChI=1S/C19H15NO7/c1-11-9-17(21)27-19-12(2)15(8-7-13(11)19)26-18(22)10-25-16-6-4-3-5-14(16)20(23)24/h3-9H,10H2,1-2H3. The molecule has 0 saturated heterocycles. The molecule has 3 aromatic rings. The highest BCUT2D eigenvalue weighted by atomic mass is 16.6. The first-order chi connectivity index (χ1) is 12.9. The molecule has 0 saturated carbocycles. The average Bonchev–Trinajstić information content (AvgIpc) is 2.63. The van der Waals surface area contributed by atoms with Crippen molar-refractivity contribution in [1.82, 2.24) is 0 Å². The van der Waals surface area contributed by atoms with E-state index < -0.39 is 23.1 Å². The number of hydrogen-bond donors (Lipinski definition) is 0. The second kappa shape index (κ2) is 7.28. The summed E-state index contributed by atoms with van der Waals surface area (Å²) in [7, 11) is 0. The normalized spacial score (nSPS) is 10.6. The third-order valence-electron chi connectivity index (χ3n) is 3.95. The first-order valence-electron chi connectivity index (χ1n) is 7.98. The van der Waals surface area contributed by atoms with Gasteiger partial charge in [0.25, 0.3) is 0 Å². The molecule has 27 heavy (non-hydrogen) atoms. The molecule has 0 unspecified atom stereocenters. The molecule has 1 aromatic heterocycles. The minimum absolute atomic E-state index is 0.0312. The minimum atomic E-state index is -0.745. The summed E-state index contributed by atoms with van der Waals surface area (Å²) in [6.45, 7) is 2.93. The topological polar surface area (TPSA) is 109 Å². The number of ether oxygens (including phenoxy) is 2. The van der Waals surface area contributed by atoms with Crippen LogP contribution in [0, 0.1) is 24.0 Å². The van der Waals surface area contributed by atoms with E-state index in [1.807, 2.05) is 0 Å². The van der Waals surface area contributed by atoms with Gasteiger partial charge in [0.15, 0.2) is 12.4 Å². The van der Waals surface area contributed by atoms with Gasteiger partial charge in [-0.25, -0.2) is 9.59 Å². The van der Waals surface area contributed by atoms with Crippen LogP contribution in [-0.4, -0.2) is 17.5 Å². The molecule has 8 nitrogen and oxygen atoms in total. The number of nitrogens with zero attached hydrogens (tertiary/aromatic N) is 1. The van der Waals surface area contributed by atoms with Gasteiger partial charge in [0.1, 0.15) is 11.3 Å². The largest absolute Gasteiger partial charge is 0.475 e. The van der Waals surface area contributed by atoms with E-state index in [4.69, 9.17) is 13.9 Å². The summed E-state index contributed by atoms with van der Waals surface area (Å²) < 4.78 is 15.7. The maximum atomic E-state index is 12.1. The molecule has 0 radical (unpaired) electrons. The molecule has 0 spiro atoms. The van der Waals surface area contributed by atoms with Crippen molar-refractivity contribution >= 4 is 22.6 Å². The third kappa shape index (κ3) is 3.79. The summed E-state index contributed by atoms with van der Waals surface area (Å²) in [5, 5.41) is 11.7. The molecule has 0 atom stereocenters. The van der Waals surface area contributed by atoms with E-state index in [2.05, 4.69) is 0 Å². The molecule has 0 bridgehead atoms. The van der Waals surface area contributed by atoms with E-state index in [-0.39, 0.29) is 17.2 Å². The quantitative estimate of drug-likeness (QED) is 0.223. The Kier molecular flexibility index (Phi) is 4.89. The van der Waals surface area contributed by atoms with Gasteiger partial charge < -0.3 is 13.9 Å². The van der Waals surface area contributed by atoms with Crippen LogP contribution < -0.4 is 15.1 Å². The Balaban J connectivity index is 1.78. The molecule has 3 rings (SSSR count). The van der Waals surface area contributed by atoms with E-state index in [9.17, 15) is 19.7 Å². The predicted molar refractivity (Wildman–Crippen MR) is 96.2 cm³/mol. The number of benzene rings is 2. The Morgan fingerprint density at radius 3 is 2.63 bits per heavy atom. The molecular weight excluding hydrogens is 354 g/mol. The van der Waals surface area contributed by atoms with Gasteiger partial charge in [-0.2, -0.15) is 0 Å². The Morgan fingerprint density at radius 2 is 1.89 bits per heavy atom. The van der Waals surface area contributed by atoms with Crippen LogP contribution >= 0.6 is 0 Å². The lowest BCUT2D eigenvalue weighted by molar-refractivity contribution is -0.385. The van der Waals surface area contributed by atoms with E-state index in [0.29, 0.717) is 11.1 Å². The van der Waals surface area contributed by atoms with Gasteiger partial charge in [-0.1, -0.05) is 12.1 Å². The van der Waals surface area contributed by atoms with E-state index in [1.54, 1.807) is 32.0 Å².